The first-order valence-corrected chi connectivity index (χ1v) is 18.1. The van der Waals surface area contributed by atoms with Gasteiger partial charge >= 0.3 is 17.9 Å². The lowest BCUT2D eigenvalue weighted by atomic mass is 9.33. The van der Waals surface area contributed by atoms with Crippen LogP contribution in [-0.4, -0.2) is 37.2 Å². The Morgan fingerprint density at radius 2 is 1.40 bits per heavy atom. The van der Waals surface area contributed by atoms with Gasteiger partial charge in [-0.05, 0) is 104 Å². The maximum atomic E-state index is 14.0. The van der Waals surface area contributed by atoms with Gasteiger partial charge in [-0.2, -0.15) is 0 Å². The van der Waals surface area contributed by atoms with Crippen molar-refractivity contribution < 1.29 is 28.6 Å². The molecule has 5 aliphatic carbocycles. The van der Waals surface area contributed by atoms with Gasteiger partial charge in [-0.25, -0.2) is 0 Å². The van der Waals surface area contributed by atoms with Crippen molar-refractivity contribution in [2.24, 2.45) is 50.2 Å². The number of ether oxygens (including phenoxy) is 3. The van der Waals surface area contributed by atoms with Gasteiger partial charge in [0.15, 0.2) is 0 Å². The van der Waals surface area contributed by atoms with Gasteiger partial charge in [0, 0.05) is 24.2 Å². The van der Waals surface area contributed by atoms with Crippen molar-refractivity contribution in [3.05, 3.63) is 11.6 Å². The van der Waals surface area contributed by atoms with Gasteiger partial charge < -0.3 is 14.2 Å². The summed E-state index contributed by atoms with van der Waals surface area (Å²) in [7, 11) is 1.50. The van der Waals surface area contributed by atoms with Crippen LogP contribution in [0.4, 0.5) is 0 Å². The number of carbonyl (C=O) groups excluding carboxylic acids is 3. The molecule has 0 aromatic rings. The number of allylic oxidation sites excluding steroid dienone is 2. The summed E-state index contributed by atoms with van der Waals surface area (Å²) in [4.78, 5) is 39.9. The molecule has 0 spiro atoms. The van der Waals surface area contributed by atoms with Crippen molar-refractivity contribution >= 4 is 17.9 Å². The van der Waals surface area contributed by atoms with Crippen LogP contribution in [0.3, 0.4) is 0 Å². The van der Waals surface area contributed by atoms with Crippen LogP contribution in [0.5, 0.6) is 0 Å². The Morgan fingerprint density at radius 1 is 0.778 bits per heavy atom. The van der Waals surface area contributed by atoms with Crippen LogP contribution in [0.25, 0.3) is 0 Å². The lowest BCUT2D eigenvalue weighted by Crippen LogP contribution is -2.68. The molecule has 0 N–H and O–H groups in total. The third-order valence-electron chi connectivity index (χ3n) is 14.6. The van der Waals surface area contributed by atoms with Crippen LogP contribution < -0.4 is 0 Å². The largest absolute Gasteiger partial charge is 0.468 e. The molecule has 0 radical (unpaired) electrons. The molecule has 0 bridgehead atoms. The SMILES string of the molecule is CCCC(=O)O[C@H]1CC[C@]2(C)[C@H]3CC=C4[C@H]5CC(C)(C)CC[C@]5(C(=O)OC)[C@H](OC(=O)CCC)C[C@@]4(C)[C@]3(C)CC[C@H]2C1(C)C. The van der Waals surface area contributed by atoms with Gasteiger partial charge in [0.2, 0.25) is 0 Å². The van der Waals surface area contributed by atoms with Crippen molar-refractivity contribution in [1.82, 2.24) is 0 Å². The van der Waals surface area contributed by atoms with E-state index in [0.717, 1.165) is 57.8 Å². The monoisotopic (exact) mass is 626 g/mol. The molecule has 254 valence electrons. The molecule has 4 saturated carbocycles. The maximum absolute atomic E-state index is 14.0. The highest BCUT2D eigenvalue weighted by molar-refractivity contribution is 5.80. The van der Waals surface area contributed by atoms with E-state index in [1.54, 1.807) is 0 Å². The Hall–Kier alpha value is -1.85. The van der Waals surface area contributed by atoms with Gasteiger partial charge in [0.25, 0.3) is 0 Å². The van der Waals surface area contributed by atoms with Crippen LogP contribution in [0, 0.1) is 50.2 Å². The van der Waals surface area contributed by atoms with E-state index >= 15 is 0 Å². The second-order valence-corrected chi connectivity index (χ2v) is 17.8. The van der Waals surface area contributed by atoms with Gasteiger partial charge in [0.05, 0.1) is 7.11 Å². The Balaban J connectivity index is 1.58. The predicted octanol–water partition coefficient (Wildman–Crippen LogP) is 8.99. The fraction of sp³-hybridized carbons (Fsp3) is 0.872. The summed E-state index contributed by atoms with van der Waals surface area (Å²) in [6.45, 7) is 20.9. The van der Waals surface area contributed by atoms with E-state index in [-0.39, 0.29) is 57.0 Å². The Kier molecular flexibility index (Phi) is 8.96. The van der Waals surface area contributed by atoms with Crippen LogP contribution >= 0.6 is 0 Å². The van der Waals surface area contributed by atoms with Crippen LogP contribution in [0.15, 0.2) is 11.6 Å². The summed E-state index contributed by atoms with van der Waals surface area (Å²) < 4.78 is 18.2. The Bertz CT molecular complexity index is 1220. The first-order chi connectivity index (χ1) is 21.0. The normalized spacial score (nSPS) is 42.9. The van der Waals surface area contributed by atoms with E-state index < -0.39 is 11.5 Å². The van der Waals surface area contributed by atoms with Crippen LogP contribution in [-0.2, 0) is 28.6 Å². The Labute approximate surface area is 273 Å². The molecule has 0 amide bonds. The lowest BCUT2D eigenvalue weighted by molar-refractivity contribution is -0.227. The zero-order valence-corrected chi connectivity index (χ0v) is 30.1. The minimum atomic E-state index is -0.842. The van der Waals surface area contributed by atoms with Crippen molar-refractivity contribution in [2.75, 3.05) is 7.11 Å². The molecule has 0 aliphatic heterocycles. The van der Waals surface area contributed by atoms with Crippen molar-refractivity contribution in [3.63, 3.8) is 0 Å². The standard InChI is InChI=1S/C39H62O6/c1-11-13-31(40)44-29-18-19-36(7)27(35(29,5)6)17-20-37(8)28(36)16-15-25-26-23-34(3,4)21-22-39(26,33(42)43-10)30(24-38(25,37)9)45-32(41)14-12-2/h15,26-30H,11-14,16-24H2,1-10H3/t26-,27+,28-,29+,30-,36+,37-,38-,39-/m1/s1. The topological polar surface area (TPSA) is 78.9 Å². The zero-order chi connectivity index (χ0) is 33.2. The first-order valence-electron chi connectivity index (χ1n) is 18.1. The molecule has 0 aromatic heterocycles. The van der Waals surface area contributed by atoms with E-state index in [4.69, 9.17) is 14.2 Å². The number of rotatable bonds is 7. The van der Waals surface area contributed by atoms with Gasteiger partial charge in [0.1, 0.15) is 17.6 Å². The third kappa shape index (κ3) is 5.12. The highest BCUT2D eigenvalue weighted by Crippen LogP contribution is 2.76. The molecule has 0 heterocycles. The van der Waals surface area contributed by atoms with Crippen molar-refractivity contribution in [1.29, 1.82) is 0 Å². The van der Waals surface area contributed by atoms with E-state index in [0.29, 0.717) is 37.5 Å². The number of fused-ring (bicyclic) bond motifs is 7. The highest BCUT2D eigenvalue weighted by atomic mass is 16.6. The van der Waals surface area contributed by atoms with Crippen molar-refractivity contribution in [3.8, 4) is 0 Å². The molecule has 6 nitrogen and oxygen atoms in total. The summed E-state index contributed by atoms with van der Waals surface area (Å²) in [6.07, 6.45) is 12.6. The number of methoxy groups -OCH3 is 1. The zero-order valence-electron chi connectivity index (χ0n) is 30.1. The molecule has 5 rings (SSSR count). The smallest absolute Gasteiger partial charge is 0.316 e. The average Bonchev–Trinajstić information content (AvgIpc) is 2.94. The van der Waals surface area contributed by atoms with Crippen LogP contribution in [0.2, 0.25) is 0 Å². The second kappa shape index (κ2) is 11.7. The minimum Gasteiger partial charge on any atom is -0.468 e. The summed E-state index contributed by atoms with van der Waals surface area (Å²) in [6, 6.07) is 0. The quantitative estimate of drug-likeness (QED) is 0.159. The molecular weight excluding hydrogens is 564 g/mol. The molecule has 0 saturated heterocycles. The van der Waals surface area contributed by atoms with Gasteiger partial charge in [-0.3, -0.25) is 14.4 Å². The van der Waals surface area contributed by atoms with E-state index in [9.17, 15) is 14.4 Å². The summed E-state index contributed by atoms with van der Waals surface area (Å²) >= 11 is 0. The van der Waals surface area contributed by atoms with E-state index in [2.05, 4.69) is 54.5 Å². The fourth-order valence-electron chi connectivity index (χ4n) is 12.0. The van der Waals surface area contributed by atoms with Gasteiger partial charge in [-0.1, -0.05) is 74.0 Å². The molecule has 9 atom stereocenters. The number of esters is 3. The van der Waals surface area contributed by atoms with E-state index in [1.807, 2.05) is 13.8 Å². The van der Waals surface area contributed by atoms with Crippen molar-refractivity contribution in [2.45, 2.75) is 158 Å². The van der Waals surface area contributed by atoms with E-state index in [1.165, 1.54) is 12.7 Å². The maximum Gasteiger partial charge on any atom is 0.316 e. The molecule has 0 aromatic carbocycles. The molecule has 45 heavy (non-hydrogen) atoms. The third-order valence-corrected chi connectivity index (χ3v) is 14.6. The fourth-order valence-corrected chi connectivity index (χ4v) is 12.0. The number of hydrogen-bond donors (Lipinski definition) is 0. The molecule has 6 heteroatoms. The molecule has 4 fully saturated rings. The minimum absolute atomic E-state index is 0.0136. The molecular formula is C39H62O6. The van der Waals surface area contributed by atoms with Gasteiger partial charge in [-0.15, -0.1) is 0 Å². The molecule has 0 unspecified atom stereocenters. The highest BCUT2D eigenvalue weighted by Gasteiger charge is 2.72. The summed E-state index contributed by atoms with van der Waals surface area (Å²) in [5, 5.41) is 0. The Morgan fingerprint density at radius 3 is 2.00 bits per heavy atom. The lowest BCUT2D eigenvalue weighted by Gasteiger charge is -2.71. The summed E-state index contributed by atoms with van der Waals surface area (Å²) in [5.74, 6) is 0.406. The molecule has 5 aliphatic rings. The number of hydrogen-bond acceptors (Lipinski definition) is 6. The summed E-state index contributed by atoms with van der Waals surface area (Å²) in [5.41, 5.74) is 0.400. The number of carbonyl (C=O) groups is 3. The van der Waals surface area contributed by atoms with Crippen LogP contribution in [0.1, 0.15) is 146 Å². The predicted molar refractivity (Wildman–Crippen MR) is 176 cm³/mol. The first kappa shape index (κ1) is 34.5. The average molecular weight is 627 g/mol. The second-order valence-electron chi connectivity index (χ2n) is 17.8.